The second-order valence-corrected chi connectivity index (χ2v) is 4.34. The van der Waals surface area contributed by atoms with E-state index in [1.807, 2.05) is 0 Å². The van der Waals surface area contributed by atoms with Gasteiger partial charge in [0.2, 0.25) is 0 Å². The molecular formula is C4H3Cl4F5. The van der Waals surface area contributed by atoms with Crippen LogP contribution in [0.2, 0.25) is 0 Å². The van der Waals surface area contributed by atoms with Crippen molar-refractivity contribution in [3.63, 3.8) is 0 Å². The zero-order valence-electron chi connectivity index (χ0n) is 5.90. The lowest BCUT2D eigenvalue weighted by Crippen LogP contribution is -2.28. The molecule has 82 valence electrons. The molecule has 0 rings (SSSR count). The largest absolute Gasteiger partial charge is 0.398 e. The van der Waals surface area contributed by atoms with Gasteiger partial charge in [0.05, 0.1) is 0 Å². The lowest BCUT2D eigenvalue weighted by atomic mass is 10.7. The first-order chi connectivity index (χ1) is 5.25. The van der Waals surface area contributed by atoms with Crippen molar-refractivity contribution in [2.24, 2.45) is 0 Å². The lowest BCUT2D eigenvalue weighted by Gasteiger charge is -2.11. The Balaban J connectivity index is 0. The van der Waals surface area contributed by atoms with E-state index in [1.54, 1.807) is 0 Å². The van der Waals surface area contributed by atoms with Crippen LogP contribution in [0, 0.1) is 0 Å². The van der Waals surface area contributed by atoms with Crippen LogP contribution in [0.1, 0.15) is 6.92 Å². The minimum atomic E-state index is -4.66. The van der Waals surface area contributed by atoms with Crippen molar-refractivity contribution in [3.05, 3.63) is 0 Å². The molecule has 0 aromatic carbocycles. The average molecular weight is 288 g/mol. The summed E-state index contributed by atoms with van der Waals surface area (Å²) in [6, 6.07) is 0. The van der Waals surface area contributed by atoms with Gasteiger partial charge in [0, 0.05) is 0 Å². The van der Waals surface area contributed by atoms with Gasteiger partial charge in [-0.05, 0) is 30.1 Å². The quantitative estimate of drug-likeness (QED) is 0.482. The van der Waals surface area contributed by atoms with Crippen molar-refractivity contribution in [2.45, 2.75) is 22.3 Å². The second-order valence-electron chi connectivity index (χ2n) is 1.78. The molecule has 0 nitrogen and oxygen atoms in total. The van der Waals surface area contributed by atoms with Crippen molar-refractivity contribution in [2.75, 3.05) is 0 Å². The van der Waals surface area contributed by atoms with E-state index in [4.69, 9.17) is 0 Å². The molecular weight excluding hydrogens is 285 g/mol. The Bertz CT molecular complexity index is 124. The number of rotatable bonds is 1. The predicted molar refractivity (Wildman–Crippen MR) is 42.8 cm³/mol. The first-order valence-corrected chi connectivity index (χ1v) is 3.96. The molecule has 0 aromatic rings. The van der Waals surface area contributed by atoms with E-state index in [-0.39, 0.29) is 0 Å². The lowest BCUT2D eigenvalue weighted by molar-refractivity contribution is -0.0960. The topological polar surface area (TPSA) is 0 Å². The molecule has 0 aliphatic rings. The molecule has 0 amide bonds. The summed E-state index contributed by atoms with van der Waals surface area (Å²) >= 11 is 16.8. The SMILES string of the molecule is CC(F)(Cl)Cl.FC(F)(Cl)C(F)(F)Cl. The zero-order valence-corrected chi connectivity index (χ0v) is 8.93. The molecule has 0 radical (unpaired) electrons. The van der Waals surface area contributed by atoms with Gasteiger partial charge < -0.3 is 0 Å². The monoisotopic (exact) mass is 286 g/mol. The molecule has 0 fully saturated rings. The van der Waals surface area contributed by atoms with E-state index >= 15 is 0 Å². The molecule has 13 heavy (non-hydrogen) atoms. The highest BCUT2D eigenvalue weighted by Crippen LogP contribution is 2.40. The molecule has 0 aliphatic heterocycles. The van der Waals surface area contributed by atoms with Crippen LogP contribution in [0.15, 0.2) is 0 Å². The third kappa shape index (κ3) is 15.6. The predicted octanol–water partition coefficient (Wildman–Crippen LogP) is 4.76. The Morgan fingerprint density at radius 1 is 0.692 bits per heavy atom. The Morgan fingerprint density at radius 3 is 0.769 bits per heavy atom. The molecule has 0 aliphatic carbocycles. The molecule has 0 heterocycles. The Kier molecular flexibility index (Phi) is 6.31. The van der Waals surface area contributed by atoms with Gasteiger partial charge in [-0.15, -0.1) is 0 Å². The number of halogens is 9. The summed E-state index contributed by atoms with van der Waals surface area (Å²) in [5.41, 5.74) is 0. The van der Waals surface area contributed by atoms with E-state index < -0.39 is 15.4 Å². The van der Waals surface area contributed by atoms with Gasteiger partial charge in [-0.1, -0.05) is 23.2 Å². The summed E-state index contributed by atoms with van der Waals surface area (Å²) in [4.78, 5) is 0. The zero-order chi connectivity index (χ0) is 11.5. The van der Waals surface area contributed by atoms with Gasteiger partial charge >= 0.3 is 10.8 Å². The highest BCUT2D eigenvalue weighted by molar-refractivity contribution is 6.46. The third-order valence-electron chi connectivity index (χ3n) is 0.321. The normalized spacial score (nSPS) is 13.4. The summed E-state index contributed by atoms with van der Waals surface area (Å²) in [5, 5.41) is -9.32. The van der Waals surface area contributed by atoms with E-state index in [0.29, 0.717) is 0 Å². The molecule has 0 saturated heterocycles. The smallest absolute Gasteiger partial charge is 0.208 e. The molecule has 0 spiro atoms. The average Bonchev–Trinajstić information content (AvgIpc) is 1.50. The summed E-state index contributed by atoms with van der Waals surface area (Å²) in [6.45, 7) is 1.05. The van der Waals surface area contributed by atoms with E-state index in [2.05, 4.69) is 46.4 Å². The van der Waals surface area contributed by atoms with E-state index in [0.717, 1.165) is 6.92 Å². The van der Waals surface area contributed by atoms with Crippen LogP contribution < -0.4 is 0 Å². The van der Waals surface area contributed by atoms with Crippen LogP contribution >= 0.6 is 46.4 Å². The first-order valence-electron chi connectivity index (χ1n) is 2.45. The van der Waals surface area contributed by atoms with Crippen molar-refractivity contribution < 1.29 is 22.0 Å². The molecule has 9 heteroatoms. The maximum atomic E-state index is 11.2. The maximum Gasteiger partial charge on any atom is 0.398 e. The van der Waals surface area contributed by atoms with Gasteiger partial charge in [0.15, 0.2) is 0 Å². The van der Waals surface area contributed by atoms with Gasteiger partial charge in [0.25, 0.3) is 4.59 Å². The Labute approximate surface area is 90.9 Å². The molecule has 0 aromatic heterocycles. The molecule has 0 saturated carbocycles. The van der Waals surface area contributed by atoms with Crippen molar-refractivity contribution in [3.8, 4) is 0 Å². The Hall–Kier alpha value is 0.810. The maximum absolute atomic E-state index is 11.2. The highest BCUT2D eigenvalue weighted by atomic mass is 35.5. The minimum Gasteiger partial charge on any atom is -0.208 e. The number of alkyl halides is 9. The van der Waals surface area contributed by atoms with Crippen molar-refractivity contribution in [1.29, 1.82) is 0 Å². The van der Waals surface area contributed by atoms with Gasteiger partial charge in [-0.3, -0.25) is 0 Å². The standard InChI is InChI=1S/C2Cl2F4.C2H3Cl2F/c3-1(5,6)2(4,7)8;1-2(3,4)5/h;1H3. The van der Waals surface area contributed by atoms with Crippen LogP contribution in [-0.4, -0.2) is 15.4 Å². The third-order valence-corrected chi connectivity index (χ3v) is 0.893. The Morgan fingerprint density at radius 2 is 0.769 bits per heavy atom. The van der Waals surface area contributed by atoms with E-state index in [1.165, 1.54) is 0 Å². The van der Waals surface area contributed by atoms with Crippen LogP contribution in [0.25, 0.3) is 0 Å². The second kappa shape index (κ2) is 5.05. The summed E-state index contributed by atoms with van der Waals surface area (Å²) in [5.74, 6) is 0. The van der Waals surface area contributed by atoms with Gasteiger partial charge in [-0.2, -0.15) is 17.6 Å². The van der Waals surface area contributed by atoms with Crippen LogP contribution in [0.5, 0.6) is 0 Å². The van der Waals surface area contributed by atoms with Crippen LogP contribution in [0.4, 0.5) is 22.0 Å². The fraction of sp³-hybridized carbons (Fsp3) is 1.00. The molecule has 0 unspecified atom stereocenters. The number of hydrogen-bond acceptors (Lipinski definition) is 0. The summed E-state index contributed by atoms with van der Waals surface area (Å²) in [7, 11) is 0. The van der Waals surface area contributed by atoms with Crippen LogP contribution in [0.3, 0.4) is 0 Å². The summed E-state index contributed by atoms with van der Waals surface area (Å²) in [6.07, 6.45) is 0. The van der Waals surface area contributed by atoms with Crippen molar-refractivity contribution in [1.82, 2.24) is 0 Å². The van der Waals surface area contributed by atoms with Crippen LogP contribution in [-0.2, 0) is 0 Å². The summed E-state index contributed by atoms with van der Waals surface area (Å²) < 4.78 is 53.6. The molecule has 0 atom stereocenters. The minimum absolute atomic E-state index is 1.05. The highest BCUT2D eigenvalue weighted by Gasteiger charge is 2.53. The first kappa shape index (κ1) is 16.2. The van der Waals surface area contributed by atoms with Gasteiger partial charge in [-0.25, -0.2) is 4.39 Å². The fourth-order valence-electron chi connectivity index (χ4n) is 0. The molecule has 0 N–H and O–H groups in total. The van der Waals surface area contributed by atoms with Crippen molar-refractivity contribution >= 4 is 46.4 Å². The fourth-order valence-corrected chi connectivity index (χ4v) is 0. The molecule has 0 bridgehead atoms. The van der Waals surface area contributed by atoms with Gasteiger partial charge in [0.1, 0.15) is 0 Å². The van der Waals surface area contributed by atoms with E-state index in [9.17, 15) is 22.0 Å². The number of hydrogen-bond donors (Lipinski definition) is 0.